The zero-order valence-corrected chi connectivity index (χ0v) is 11.0. The summed E-state index contributed by atoms with van der Waals surface area (Å²) < 4.78 is 39.6. The maximum absolute atomic E-state index is 11.9. The Balaban J connectivity index is 0.00000289. The number of hydrogen-bond donors (Lipinski definition) is 1. The molecule has 0 aliphatic rings. The molecule has 6 heteroatoms. The van der Waals surface area contributed by atoms with Crippen LogP contribution in [0.2, 0.25) is 0 Å². The Morgan fingerprint density at radius 3 is 2.11 bits per heavy atom. The molecule has 1 rings (SSSR count). The van der Waals surface area contributed by atoms with E-state index in [0.29, 0.717) is 0 Å². The molecule has 0 amide bonds. The highest BCUT2D eigenvalue weighted by Gasteiger charge is 2.31. The van der Waals surface area contributed by atoms with Crippen LogP contribution in [0.1, 0.15) is 31.9 Å². The molecule has 0 fully saturated rings. The molecule has 2 atom stereocenters. The average Bonchev–Trinajstić information content (AvgIpc) is 2.26. The van der Waals surface area contributed by atoms with Gasteiger partial charge in [-0.2, -0.15) is 0 Å². The third-order valence-corrected chi connectivity index (χ3v) is 2.76. The first-order valence-electron chi connectivity index (χ1n) is 5.44. The summed E-state index contributed by atoms with van der Waals surface area (Å²) in [6.07, 6.45) is -3.73. The molecule has 2 N–H and O–H groups in total. The number of nitrogens with two attached hydrogens (primary N) is 1. The van der Waals surface area contributed by atoms with Crippen molar-refractivity contribution >= 4 is 12.4 Å². The lowest BCUT2D eigenvalue weighted by atomic mass is 9.93. The standard InChI is InChI=1S/C12H16F3NO.ClH/c1-3-8(2)11(16)9-4-6-10(7-5-9)17-12(13,14)15;/h4-8,11H,3,16H2,1-2H3;1H/t8?,11-;/m1./s1. The Morgan fingerprint density at radius 2 is 1.72 bits per heavy atom. The van der Waals surface area contributed by atoms with Crippen molar-refractivity contribution in [2.45, 2.75) is 32.7 Å². The quantitative estimate of drug-likeness (QED) is 0.904. The highest BCUT2D eigenvalue weighted by molar-refractivity contribution is 5.85. The number of halogens is 4. The molecule has 1 aromatic carbocycles. The lowest BCUT2D eigenvalue weighted by molar-refractivity contribution is -0.274. The van der Waals surface area contributed by atoms with E-state index in [1.54, 1.807) is 12.1 Å². The monoisotopic (exact) mass is 283 g/mol. The Morgan fingerprint density at radius 1 is 1.22 bits per heavy atom. The van der Waals surface area contributed by atoms with Crippen LogP contribution in [0, 0.1) is 5.92 Å². The molecule has 0 aliphatic carbocycles. The fraction of sp³-hybridized carbons (Fsp3) is 0.500. The largest absolute Gasteiger partial charge is 0.573 e. The summed E-state index contributed by atoms with van der Waals surface area (Å²) in [5.74, 6) is 0.0574. The first-order valence-corrected chi connectivity index (χ1v) is 5.44. The van der Waals surface area contributed by atoms with Gasteiger partial charge in [0.15, 0.2) is 0 Å². The van der Waals surface area contributed by atoms with Gasteiger partial charge in [0.05, 0.1) is 0 Å². The zero-order chi connectivity index (χ0) is 13.1. The highest BCUT2D eigenvalue weighted by Crippen LogP contribution is 2.26. The van der Waals surface area contributed by atoms with Crippen molar-refractivity contribution in [3.63, 3.8) is 0 Å². The zero-order valence-electron chi connectivity index (χ0n) is 10.2. The summed E-state index contributed by atoms with van der Waals surface area (Å²) >= 11 is 0. The Bertz CT molecular complexity index is 353. The van der Waals surface area contributed by atoms with E-state index in [-0.39, 0.29) is 30.1 Å². The summed E-state index contributed by atoms with van der Waals surface area (Å²) in [5.41, 5.74) is 6.78. The van der Waals surface area contributed by atoms with Crippen LogP contribution in [-0.4, -0.2) is 6.36 Å². The number of alkyl halides is 3. The van der Waals surface area contributed by atoms with Gasteiger partial charge >= 0.3 is 6.36 Å². The minimum atomic E-state index is -4.65. The third-order valence-electron chi connectivity index (χ3n) is 2.76. The van der Waals surface area contributed by atoms with E-state index in [2.05, 4.69) is 4.74 Å². The van der Waals surface area contributed by atoms with Crippen LogP contribution in [0.5, 0.6) is 5.75 Å². The van der Waals surface area contributed by atoms with E-state index in [9.17, 15) is 13.2 Å². The van der Waals surface area contributed by atoms with Crippen LogP contribution in [0.25, 0.3) is 0 Å². The van der Waals surface area contributed by atoms with Gasteiger partial charge in [0.2, 0.25) is 0 Å². The second-order valence-corrected chi connectivity index (χ2v) is 4.03. The van der Waals surface area contributed by atoms with E-state index >= 15 is 0 Å². The Labute approximate surface area is 111 Å². The summed E-state index contributed by atoms with van der Waals surface area (Å²) in [4.78, 5) is 0. The van der Waals surface area contributed by atoms with Crippen molar-refractivity contribution in [1.82, 2.24) is 0 Å². The van der Waals surface area contributed by atoms with Gasteiger partial charge in [-0.1, -0.05) is 32.4 Å². The summed E-state index contributed by atoms with van der Waals surface area (Å²) in [6.45, 7) is 4.02. The van der Waals surface area contributed by atoms with Crippen molar-refractivity contribution < 1.29 is 17.9 Å². The molecule has 0 aromatic heterocycles. The molecule has 104 valence electrons. The van der Waals surface area contributed by atoms with Crippen molar-refractivity contribution in [2.24, 2.45) is 11.7 Å². The van der Waals surface area contributed by atoms with Gasteiger partial charge in [-0.25, -0.2) is 0 Å². The minimum Gasteiger partial charge on any atom is -0.406 e. The second-order valence-electron chi connectivity index (χ2n) is 4.03. The smallest absolute Gasteiger partial charge is 0.406 e. The molecule has 1 aromatic rings. The van der Waals surface area contributed by atoms with Crippen molar-refractivity contribution in [1.29, 1.82) is 0 Å². The summed E-state index contributed by atoms with van der Waals surface area (Å²) in [6, 6.07) is 5.53. The SMILES string of the molecule is CCC(C)[C@@H](N)c1ccc(OC(F)(F)F)cc1.Cl. The van der Waals surface area contributed by atoms with Crippen molar-refractivity contribution in [3.8, 4) is 5.75 Å². The van der Waals surface area contributed by atoms with E-state index < -0.39 is 6.36 Å². The molecule has 0 saturated carbocycles. The predicted octanol–water partition coefficient (Wildman–Crippen LogP) is 4.05. The van der Waals surface area contributed by atoms with Gasteiger partial charge in [0.25, 0.3) is 0 Å². The van der Waals surface area contributed by atoms with Crippen LogP contribution >= 0.6 is 12.4 Å². The first-order chi connectivity index (χ1) is 7.83. The molecular formula is C12H17ClF3NO. The number of ether oxygens (including phenoxy) is 1. The fourth-order valence-corrected chi connectivity index (χ4v) is 1.47. The molecule has 0 heterocycles. The Kier molecular flexibility index (Phi) is 6.49. The molecule has 0 bridgehead atoms. The fourth-order valence-electron chi connectivity index (χ4n) is 1.47. The molecular weight excluding hydrogens is 267 g/mol. The van der Waals surface area contributed by atoms with Gasteiger partial charge in [-0.15, -0.1) is 25.6 Å². The maximum Gasteiger partial charge on any atom is 0.573 e. The molecule has 0 saturated heterocycles. The van der Waals surface area contributed by atoms with Crippen LogP contribution in [0.3, 0.4) is 0 Å². The van der Waals surface area contributed by atoms with Crippen LogP contribution in [0.4, 0.5) is 13.2 Å². The molecule has 2 nitrogen and oxygen atoms in total. The van der Waals surface area contributed by atoms with E-state index in [1.807, 2.05) is 13.8 Å². The van der Waals surface area contributed by atoms with E-state index in [0.717, 1.165) is 12.0 Å². The Hall–Kier alpha value is -0.940. The van der Waals surface area contributed by atoms with Gasteiger partial charge < -0.3 is 10.5 Å². The van der Waals surface area contributed by atoms with Gasteiger partial charge in [-0.05, 0) is 23.6 Å². The van der Waals surface area contributed by atoms with E-state index in [1.165, 1.54) is 12.1 Å². The topological polar surface area (TPSA) is 35.2 Å². The van der Waals surface area contributed by atoms with Crippen LogP contribution in [0.15, 0.2) is 24.3 Å². The molecule has 18 heavy (non-hydrogen) atoms. The van der Waals surface area contributed by atoms with Gasteiger partial charge in [-0.3, -0.25) is 0 Å². The lowest BCUT2D eigenvalue weighted by Crippen LogP contribution is -2.19. The summed E-state index contributed by atoms with van der Waals surface area (Å²) in [5, 5.41) is 0. The first kappa shape index (κ1) is 17.1. The number of hydrogen-bond acceptors (Lipinski definition) is 2. The number of benzene rings is 1. The van der Waals surface area contributed by atoms with Gasteiger partial charge in [0.1, 0.15) is 5.75 Å². The maximum atomic E-state index is 11.9. The molecule has 0 aliphatic heterocycles. The minimum absolute atomic E-state index is 0. The lowest BCUT2D eigenvalue weighted by Gasteiger charge is -2.19. The van der Waals surface area contributed by atoms with Crippen molar-refractivity contribution in [3.05, 3.63) is 29.8 Å². The highest BCUT2D eigenvalue weighted by atomic mass is 35.5. The van der Waals surface area contributed by atoms with Crippen molar-refractivity contribution in [2.75, 3.05) is 0 Å². The second kappa shape index (κ2) is 6.85. The predicted molar refractivity (Wildman–Crippen MR) is 66.8 cm³/mol. The van der Waals surface area contributed by atoms with Crippen LogP contribution < -0.4 is 10.5 Å². The normalized spacial score (nSPS) is 14.6. The summed E-state index contributed by atoms with van der Waals surface area (Å²) in [7, 11) is 0. The third kappa shape index (κ3) is 5.14. The molecule has 0 spiro atoms. The molecule has 1 unspecified atom stereocenters. The van der Waals surface area contributed by atoms with Gasteiger partial charge in [0, 0.05) is 6.04 Å². The average molecular weight is 284 g/mol. The molecule has 0 radical (unpaired) electrons. The van der Waals surface area contributed by atoms with Crippen LogP contribution in [-0.2, 0) is 0 Å². The van der Waals surface area contributed by atoms with E-state index in [4.69, 9.17) is 5.73 Å². The number of rotatable bonds is 4.